The lowest BCUT2D eigenvalue weighted by Gasteiger charge is -2.07. The highest BCUT2D eigenvalue weighted by molar-refractivity contribution is 5.90. The molecule has 0 bridgehead atoms. The largest absolute Gasteiger partial charge is 0.394 e. The minimum atomic E-state index is -0.123. The SMILES string of the molecule is NCCC(=O)Nc1ccc(NCCOCCO)nc1. The number of rotatable bonds is 9. The number of nitrogens with two attached hydrogens (primary N) is 1. The van der Waals surface area contributed by atoms with E-state index in [0.717, 1.165) is 0 Å². The molecule has 1 aromatic heterocycles. The normalized spacial score (nSPS) is 10.2. The first kappa shape index (κ1) is 15.4. The van der Waals surface area contributed by atoms with Gasteiger partial charge < -0.3 is 26.2 Å². The quantitative estimate of drug-likeness (QED) is 0.461. The van der Waals surface area contributed by atoms with E-state index < -0.39 is 0 Å². The van der Waals surface area contributed by atoms with Gasteiger partial charge in [0.1, 0.15) is 5.82 Å². The van der Waals surface area contributed by atoms with Crippen molar-refractivity contribution in [2.75, 3.05) is 43.5 Å². The zero-order valence-corrected chi connectivity index (χ0v) is 10.8. The zero-order chi connectivity index (χ0) is 13.9. The van der Waals surface area contributed by atoms with Crippen LogP contribution in [0.15, 0.2) is 18.3 Å². The highest BCUT2D eigenvalue weighted by atomic mass is 16.5. The summed E-state index contributed by atoms with van der Waals surface area (Å²) in [5.41, 5.74) is 5.92. The summed E-state index contributed by atoms with van der Waals surface area (Å²) in [5, 5.41) is 14.3. The van der Waals surface area contributed by atoms with E-state index in [1.165, 1.54) is 0 Å². The number of pyridine rings is 1. The van der Waals surface area contributed by atoms with E-state index in [1.807, 2.05) is 0 Å². The summed E-state index contributed by atoms with van der Waals surface area (Å²) >= 11 is 0. The smallest absolute Gasteiger partial charge is 0.225 e. The molecule has 0 unspecified atom stereocenters. The molecule has 1 rings (SSSR count). The summed E-state index contributed by atoms with van der Waals surface area (Å²) in [7, 11) is 0. The Morgan fingerprint density at radius 2 is 2.26 bits per heavy atom. The molecule has 0 saturated heterocycles. The number of anilines is 2. The fourth-order valence-electron chi connectivity index (χ4n) is 1.34. The van der Waals surface area contributed by atoms with Gasteiger partial charge in [0.25, 0.3) is 0 Å². The van der Waals surface area contributed by atoms with E-state index >= 15 is 0 Å². The van der Waals surface area contributed by atoms with E-state index in [4.69, 9.17) is 15.6 Å². The molecule has 0 saturated carbocycles. The number of hydrogen-bond acceptors (Lipinski definition) is 6. The molecule has 7 heteroatoms. The third-order valence-corrected chi connectivity index (χ3v) is 2.21. The average molecular weight is 268 g/mol. The van der Waals surface area contributed by atoms with Gasteiger partial charge in [-0.3, -0.25) is 4.79 Å². The van der Waals surface area contributed by atoms with Crippen LogP contribution in [0.2, 0.25) is 0 Å². The van der Waals surface area contributed by atoms with E-state index in [9.17, 15) is 4.79 Å². The standard InChI is InChI=1S/C12H20N4O3/c13-4-3-12(18)16-10-1-2-11(15-9-10)14-5-7-19-8-6-17/h1-2,9,17H,3-8,13H2,(H,14,15)(H,16,18). The summed E-state index contributed by atoms with van der Waals surface area (Å²) < 4.78 is 5.10. The van der Waals surface area contributed by atoms with Crippen molar-refractivity contribution in [3.63, 3.8) is 0 Å². The van der Waals surface area contributed by atoms with E-state index in [0.29, 0.717) is 44.2 Å². The van der Waals surface area contributed by atoms with E-state index in [1.54, 1.807) is 18.3 Å². The zero-order valence-electron chi connectivity index (χ0n) is 10.8. The molecule has 106 valence electrons. The lowest BCUT2D eigenvalue weighted by atomic mass is 10.3. The van der Waals surface area contributed by atoms with Gasteiger partial charge in [-0.05, 0) is 12.1 Å². The Morgan fingerprint density at radius 3 is 2.89 bits per heavy atom. The second-order valence-corrected chi connectivity index (χ2v) is 3.78. The number of nitrogens with one attached hydrogen (secondary N) is 2. The first-order valence-electron chi connectivity index (χ1n) is 6.14. The molecule has 19 heavy (non-hydrogen) atoms. The van der Waals surface area contributed by atoms with Crippen LogP contribution in [-0.4, -0.2) is 48.9 Å². The van der Waals surface area contributed by atoms with Crippen molar-refractivity contribution in [2.24, 2.45) is 5.73 Å². The number of aromatic nitrogens is 1. The number of aliphatic hydroxyl groups excluding tert-OH is 1. The Morgan fingerprint density at radius 1 is 1.42 bits per heavy atom. The van der Waals surface area contributed by atoms with Crippen molar-refractivity contribution in [1.29, 1.82) is 0 Å². The molecule has 1 aromatic rings. The first-order valence-corrected chi connectivity index (χ1v) is 6.14. The third kappa shape index (κ3) is 6.70. The summed E-state index contributed by atoms with van der Waals surface area (Å²) in [6, 6.07) is 3.53. The summed E-state index contributed by atoms with van der Waals surface area (Å²) in [5.74, 6) is 0.576. The third-order valence-electron chi connectivity index (χ3n) is 2.21. The molecule has 0 atom stereocenters. The molecule has 0 aliphatic heterocycles. The van der Waals surface area contributed by atoms with Gasteiger partial charge in [0.05, 0.1) is 31.7 Å². The van der Waals surface area contributed by atoms with Gasteiger partial charge in [0.15, 0.2) is 0 Å². The highest BCUT2D eigenvalue weighted by Crippen LogP contribution is 2.09. The van der Waals surface area contributed by atoms with Crippen LogP contribution in [0.25, 0.3) is 0 Å². The van der Waals surface area contributed by atoms with E-state index in [-0.39, 0.29) is 12.5 Å². The first-order chi connectivity index (χ1) is 9.26. The summed E-state index contributed by atoms with van der Waals surface area (Å²) in [6.45, 7) is 1.78. The van der Waals surface area contributed by atoms with Crippen molar-refractivity contribution < 1.29 is 14.6 Å². The number of hydrogen-bond donors (Lipinski definition) is 4. The van der Waals surface area contributed by atoms with Gasteiger partial charge in [0, 0.05) is 19.5 Å². The predicted octanol–water partition coefficient (Wildman–Crippen LogP) is -0.210. The predicted molar refractivity (Wildman–Crippen MR) is 72.9 cm³/mol. The Bertz CT molecular complexity index is 370. The van der Waals surface area contributed by atoms with Crippen LogP contribution >= 0.6 is 0 Å². The van der Waals surface area contributed by atoms with Crippen LogP contribution in [0, 0.1) is 0 Å². The van der Waals surface area contributed by atoms with Crippen molar-refractivity contribution in [1.82, 2.24) is 4.98 Å². The molecule has 1 heterocycles. The van der Waals surface area contributed by atoms with Crippen LogP contribution in [0.1, 0.15) is 6.42 Å². The van der Waals surface area contributed by atoms with Gasteiger partial charge in [0.2, 0.25) is 5.91 Å². The van der Waals surface area contributed by atoms with Crippen molar-refractivity contribution in [2.45, 2.75) is 6.42 Å². The lowest BCUT2D eigenvalue weighted by molar-refractivity contribution is -0.116. The number of carbonyl (C=O) groups is 1. The fraction of sp³-hybridized carbons (Fsp3) is 0.500. The second-order valence-electron chi connectivity index (χ2n) is 3.78. The molecule has 0 fully saturated rings. The van der Waals surface area contributed by atoms with Crippen molar-refractivity contribution in [3.05, 3.63) is 18.3 Å². The lowest BCUT2D eigenvalue weighted by Crippen LogP contribution is -2.16. The topological polar surface area (TPSA) is 110 Å². The fourth-order valence-corrected chi connectivity index (χ4v) is 1.34. The van der Waals surface area contributed by atoms with Crippen LogP contribution in [0.3, 0.4) is 0 Å². The van der Waals surface area contributed by atoms with E-state index in [2.05, 4.69) is 15.6 Å². The van der Waals surface area contributed by atoms with Crippen LogP contribution in [-0.2, 0) is 9.53 Å². The summed E-state index contributed by atoms with van der Waals surface area (Å²) in [6.07, 6.45) is 1.87. The molecule has 0 radical (unpaired) electrons. The highest BCUT2D eigenvalue weighted by Gasteiger charge is 2.01. The molecular formula is C12H20N4O3. The number of carbonyl (C=O) groups excluding carboxylic acids is 1. The number of amides is 1. The van der Waals surface area contributed by atoms with Crippen LogP contribution in [0.4, 0.5) is 11.5 Å². The molecule has 0 spiro atoms. The van der Waals surface area contributed by atoms with Gasteiger partial charge in [-0.2, -0.15) is 0 Å². The molecule has 0 aliphatic rings. The molecule has 5 N–H and O–H groups in total. The Balaban J connectivity index is 2.29. The molecular weight excluding hydrogens is 248 g/mol. The second kappa shape index (κ2) is 9.26. The Kier molecular flexibility index (Phi) is 7.48. The summed E-state index contributed by atoms with van der Waals surface area (Å²) in [4.78, 5) is 15.4. The van der Waals surface area contributed by atoms with Gasteiger partial charge in [-0.25, -0.2) is 4.98 Å². The molecule has 1 amide bonds. The monoisotopic (exact) mass is 268 g/mol. The molecule has 0 aromatic carbocycles. The van der Waals surface area contributed by atoms with Crippen LogP contribution in [0.5, 0.6) is 0 Å². The van der Waals surface area contributed by atoms with Gasteiger partial charge in [-0.1, -0.05) is 0 Å². The molecule has 7 nitrogen and oxygen atoms in total. The number of aliphatic hydroxyl groups is 1. The maximum absolute atomic E-state index is 11.3. The Hall–Kier alpha value is -1.70. The van der Waals surface area contributed by atoms with Crippen LogP contribution < -0.4 is 16.4 Å². The van der Waals surface area contributed by atoms with Gasteiger partial charge in [-0.15, -0.1) is 0 Å². The number of nitrogens with zero attached hydrogens (tertiary/aromatic N) is 1. The van der Waals surface area contributed by atoms with Crippen molar-refractivity contribution >= 4 is 17.4 Å². The van der Waals surface area contributed by atoms with Gasteiger partial charge >= 0.3 is 0 Å². The maximum Gasteiger partial charge on any atom is 0.225 e. The maximum atomic E-state index is 11.3. The number of ether oxygens (including phenoxy) is 1. The van der Waals surface area contributed by atoms with Crippen molar-refractivity contribution in [3.8, 4) is 0 Å². The molecule has 0 aliphatic carbocycles. The minimum absolute atomic E-state index is 0.0233. The Labute approximate surface area is 112 Å². The minimum Gasteiger partial charge on any atom is -0.394 e. The average Bonchev–Trinajstić information content (AvgIpc) is 2.41.